The standard InChI is InChI=1S/C20H31N3O.Y/c1-7-11-18(23(8-2,9-3)10-4)20(24)22-19-15(5)12-17(14-21)13-16(19)6;/h12-13,18H,7-11H2,1-6H3;/p+1. The van der Waals surface area contributed by atoms with Crippen molar-refractivity contribution in [3.05, 3.63) is 28.8 Å². The molecule has 1 N–H and O–H groups in total. The fourth-order valence-electron chi connectivity index (χ4n) is 3.69. The number of amides is 1. The van der Waals surface area contributed by atoms with Crippen LogP contribution in [-0.4, -0.2) is 36.1 Å². The second kappa shape index (κ2) is 11.1. The fourth-order valence-corrected chi connectivity index (χ4v) is 3.69. The minimum Gasteiger partial charge on any atom is -0.320 e. The van der Waals surface area contributed by atoms with Crippen LogP contribution in [0, 0.1) is 25.2 Å². The van der Waals surface area contributed by atoms with Crippen LogP contribution in [0.5, 0.6) is 0 Å². The number of anilines is 1. The molecule has 1 rings (SSSR count). The molecule has 0 heterocycles. The van der Waals surface area contributed by atoms with E-state index in [9.17, 15) is 4.79 Å². The summed E-state index contributed by atoms with van der Waals surface area (Å²) in [5, 5.41) is 12.2. The Bertz CT molecular complexity index is 587. The number of quaternary nitrogens is 1. The van der Waals surface area contributed by atoms with Crippen LogP contribution < -0.4 is 5.32 Å². The summed E-state index contributed by atoms with van der Waals surface area (Å²) in [6.45, 7) is 15.4. The van der Waals surface area contributed by atoms with E-state index in [2.05, 4.69) is 39.1 Å². The van der Waals surface area contributed by atoms with Crippen LogP contribution in [0.4, 0.5) is 5.69 Å². The molecule has 0 saturated heterocycles. The van der Waals surface area contributed by atoms with Gasteiger partial charge in [0.15, 0.2) is 6.04 Å². The molecular weight excluding hydrogens is 387 g/mol. The maximum absolute atomic E-state index is 13.1. The Balaban J connectivity index is 0.00000576. The van der Waals surface area contributed by atoms with Crippen molar-refractivity contribution in [2.45, 2.75) is 60.4 Å². The maximum atomic E-state index is 13.1. The molecular formula is C20H32N3OY+. The van der Waals surface area contributed by atoms with Crippen molar-refractivity contribution < 1.29 is 42.0 Å². The number of hydrogen-bond donors (Lipinski definition) is 1. The first-order valence-electron chi connectivity index (χ1n) is 9.06. The number of nitriles is 1. The molecule has 1 amide bonds. The van der Waals surface area contributed by atoms with Gasteiger partial charge in [0.1, 0.15) is 0 Å². The average molecular weight is 419 g/mol. The van der Waals surface area contributed by atoms with Crippen molar-refractivity contribution in [3.63, 3.8) is 0 Å². The van der Waals surface area contributed by atoms with E-state index in [0.29, 0.717) is 5.56 Å². The van der Waals surface area contributed by atoms with Crippen molar-refractivity contribution in [1.82, 2.24) is 0 Å². The Morgan fingerprint density at radius 2 is 1.60 bits per heavy atom. The van der Waals surface area contributed by atoms with Gasteiger partial charge in [0.2, 0.25) is 0 Å². The molecule has 25 heavy (non-hydrogen) atoms. The van der Waals surface area contributed by atoms with Crippen LogP contribution in [-0.2, 0) is 37.5 Å². The number of nitrogens with one attached hydrogen (secondary N) is 1. The molecule has 1 unspecified atom stereocenters. The Morgan fingerprint density at radius 3 is 1.96 bits per heavy atom. The van der Waals surface area contributed by atoms with Gasteiger partial charge in [0, 0.05) is 44.8 Å². The van der Waals surface area contributed by atoms with Gasteiger partial charge in [-0.1, -0.05) is 6.92 Å². The van der Waals surface area contributed by atoms with Gasteiger partial charge in [-0.15, -0.1) is 0 Å². The predicted octanol–water partition coefficient (Wildman–Crippen LogP) is 4.16. The monoisotopic (exact) mass is 419 g/mol. The molecule has 4 nitrogen and oxygen atoms in total. The van der Waals surface area contributed by atoms with Gasteiger partial charge in [-0.05, 0) is 64.3 Å². The van der Waals surface area contributed by atoms with Crippen molar-refractivity contribution in [2.24, 2.45) is 0 Å². The van der Waals surface area contributed by atoms with Gasteiger partial charge >= 0.3 is 0 Å². The van der Waals surface area contributed by atoms with E-state index >= 15 is 0 Å². The quantitative estimate of drug-likeness (QED) is 0.644. The topological polar surface area (TPSA) is 52.9 Å². The molecule has 0 spiro atoms. The minimum absolute atomic E-state index is 0. The summed E-state index contributed by atoms with van der Waals surface area (Å²) >= 11 is 0. The van der Waals surface area contributed by atoms with Crippen molar-refractivity contribution in [2.75, 3.05) is 25.0 Å². The summed E-state index contributed by atoms with van der Waals surface area (Å²) in [7, 11) is 0. The normalized spacial score (nSPS) is 12.0. The number of likely N-dealkylation sites (N-methyl/N-ethyl adjacent to an activating group) is 1. The largest absolute Gasteiger partial charge is 0.320 e. The van der Waals surface area contributed by atoms with Crippen LogP contribution in [0.1, 0.15) is 57.2 Å². The first-order valence-corrected chi connectivity index (χ1v) is 9.06. The molecule has 0 aromatic heterocycles. The number of carbonyl (C=O) groups excluding carboxylic acids is 1. The summed E-state index contributed by atoms with van der Waals surface area (Å²) in [5.74, 6) is 0.0957. The van der Waals surface area contributed by atoms with E-state index in [4.69, 9.17) is 5.26 Å². The molecule has 1 aromatic carbocycles. The number of hydrogen-bond acceptors (Lipinski definition) is 2. The van der Waals surface area contributed by atoms with Crippen molar-refractivity contribution in [1.29, 1.82) is 5.26 Å². The van der Waals surface area contributed by atoms with Crippen molar-refractivity contribution in [3.8, 4) is 6.07 Å². The van der Waals surface area contributed by atoms with E-state index in [1.54, 1.807) is 0 Å². The van der Waals surface area contributed by atoms with Crippen LogP contribution in [0.25, 0.3) is 0 Å². The average Bonchev–Trinajstić information content (AvgIpc) is 2.58. The van der Waals surface area contributed by atoms with Gasteiger partial charge in [-0.2, -0.15) is 5.26 Å². The first-order chi connectivity index (χ1) is 11.4. The van der Waals surface area contributed by atoms with E-state index in [-0.39, 0.29) is 44.7 Å². The van der Waals surface area contributed by atoms with Gasteiger partial charge in [-0.25, -0.2) is 0 Å². The number of benzene rings is 1. The number of rotatable bonds is 8. The van der Waals surface area contributed by atoms with Gasteiger partial charge in [0.25, 0.3) is 5.91 Å². The summed E-state index contributed by atoms with van der Waals surface area (Å²) in [5.41, 5.74) is 3.37. The smallest absolute Gasteiger partial charge is 0.282 e. The number of carbonyl (C=O) groups is 1. The number of nitrogens with zero attached hydrogens (tertiary/aromatic N) is 2. The summed E-state index contributed by atoms with van der Waals surface area (Å²) in [4.78, 5) is 13.1. The number of aryl methyl sites for hydroxylation is 2. The Morgan fingerprint density at radius 1 is 1.12 bits per heavy atom. The van der Waals surface area contributed by atoms with Crippen LogP contribution in [0.2, 0.25) is 0 Å². The molecule has 5 heteroatoms. The Hall–Kier alpha value is -0.756. The van der Waals surface area contributed by atoms with E-state index in [0.717, 1.165) is 53.8 Å². The molecule has 0 aliphatic heterocycles. The minimum atomic E-state index is -0.0376. The summed E-state index contributed by atoms with van der Waals surface area (Å²) in [6.07, 6.45) is 1.87. The van der Waals surface area contributed by atoms with E-state index in [1.165, 1.54) is 0 Å². The van der Waals surface area contributed by atoms with Gasteiger partial charge < -0.3 is 9.80 Å². The van der Waals surface area contributed by atoms with Crippen LogP contribution in [0.15, 0.2) is 12.1 Å². The third-order valence-electron chi connectivity index (χ3n) is 5.33. The second-order valence-electron chi connectivity index (χ2n) is 6.56. The fraction of sp³-hybridized carbons (Fsp3) is 0.600. The zero-order valence-corrected chi connectivity index (χ0v) is 19.5. The Kier molecular flexibility index (Phi) is 10.7. The molecule has 0 fully saturated rings. The first kappa shape index (κ1) is 24.2. The molecule has 1 radical (unpaired) electrons. The van der Waals surface area contributed by atoms with Gasteiger partial charge in [-0.3, -0.25) is 4.79 Å². The van der Waals surface area contributed by atoms with Crippen LogP contribution in [0.3, 0.4) is 0 Å². The summed E-state index contributed by atoms with van der Waals surface area (Å²) in [6, 6.07) is 5.80. The van der Waals surface area contributed by atoms with E-state index < -0.39 is 0 Å². The zero-order valence-electron chi connectivity index (χ0n) is 16.6. The van der Waals surface area contributed by atoms with Crippen LogP contribution >= 0.6 is 0 Å². The van der Waals surface area contributed by atoms with Gasteiger partial charge in [0.05, 0.1) is 31.3 Å². The van der Waals surface area contributed by atoms with E-state index in [1.807, 2.05) is 26.0 Å². The van der Waals surface area contributed by atoms with Crippen molar-refractivity contribution >= 4 is 11.6 Å². The summed E-state index contributed by atoms with van der Waals surface area (Å²) < 4.78 is 0.814. The molecule has 1 atom stereocenters. The SMILES string of the molecule is CCCC(C(=O)Nc1c(C)cc(C#N)cc1C)[N+](CC)(CC)CC.[Y]. The second-order valence-corrected chi connectivity index (χ2v) is 6.56. The zero-order chi connectivity index (χ0) is 18.3. The molecule has 0 aliphatic carbocycles. The molecule has 1 aromatic rings. The molecule has 0 bridgehead atoms. The molecule has 0 aliphatic rings. The third kappa shape index (κ3) is 5.61. The Labute approximate surface area is 178 Å². The molecule has 0 saturated carbocycles. The predicted molar refractivity (Wildman–Crippen MR) is 99.8 cm³/mol. The molecule has 135 valence electrons. The third-order valence-corrected chi connectivity index (χ3v) is 5.33. The maximum Gasteiger partial charge on any atom is 0.282 e.